The van der Waals surface area contributed by atoms with Gasteiger partial charge in [-0.1, -0.05) is 0 Å². The zero-order valence-electron chi connectivity index (χ0n) is 9.70. The van der Waals surface area contributed by atoms with Gasteiger partial charge in [0.1, 0.15) is 0 Å². The summed E-state index contributed by atoms with van der Waals surface area (Å²) in [6.45, 7) is 2.02. The van der Waals surface area contributed by atoms with Crippen molar-refractivity contribution in [1.29, 1.82) is 0 Å². The van der Waals surface area contributed by atoms with Crippen LogP contribution in [0.2, 0.25) is 0 Å². The summed E-state index contributed by atoms with van der Waals surface area (Å²) in [6, 6.07) is 3.01. The molecule has 0 spiro atoms. The average molecular weight is 250 g/mol. The first-order chi connectivity index (χ1) is 8.56. The molecule has 0 bridgehead atoms. The van der Waals surface area contributed by atoms with E-state index in [1.165, 1.54) is 6.07 Å². The summed E-state index contributed by atoms with van der Waals surface area (Å²) >= 11 is 0. The molecule has 1 amide bonds. The molecule has 0 radical (unpaired) electrons. The van der Waals surface area contributed by atoms with Gasteiger partial charge in [-0.25, -0.2) is 0 Å². The van der Waals surface area contributed by atoms with Gasteiger partial charge in [0.15, 0.2) is 0 Å². The second kappa shape index (κ2) is 6.35. The Bertz CT molecular complexity index is 532. The topological polar surface area (TPSA) is 72.2 Å². The molecule has 0 aromatic heterocycles. The smallest absolute Gasteiger partial charge is 0.305 e. The Morgan fingerprint density at radius 1 is 1.56 bits per heavy atom. The molecular weight excluding hydrogens is 239 g/mol. The zero-order valence-corrected chi connectivity index (χ0v) is 9.70. The van der Waals surface area contributed by atoms with E-state index in [0.717, 1.165) is 12.1 Å². The second-order valence-corrected chi connectivity index (χ2v) is 3.36. The quantitative estimate of drug-likeness (QED) is 0.384. The Hall–Kier alpha value is -2.42. The van der Waals surface area contributed by atoms with E-state index in [1.807, 2.05) is 0 Å². The molecule has 1 rings (SSSR count). The Morgan fingerprint density at radius 3 is 2.89 bits per heavy atom. The first kappa shape index (κ1) is 13.6. The van der Waals surface area contributed by atoms with Crippen molar-refractivity contribution in [2.75, 3.05) is 6.54 Å². The fourth-order valence-electron chi connectivity index (χ4n) is 1.26. The lowest BCUT2D eigenvalue weighted by atomic mass is 10.2. The van der Waals surface area contributed by atoms with Crippen molar-refractivity contribution in [2.24, 2.45) is 0 Å². The highest BCUT2D eigenvalue weighted by Crippen LogP contribution is 2.18. The monoisotopic (exact) mass is 250 g/mol. The van der Waals surface area contributed by atoms with Crippen LogP contribution < -0.4 is 5.32 Å². The first-order valence-electron chi connectivity index (χ1n) is 5.18. The van der Waals surface area contributed by atoms with E-state index >= 15 is 0 Å². The highest BCUT2D eigenvalue weighted by Gasteiger charge is 2.17. The number of amides is 1. The molecule has 0 aliphatic heterocycles. The van der Waals surface area contributed by atoms with Crippen LogP contribution in [0.5, 0.6) is 0 Å². The first-order valence-corrected chi connectivity index (χ1v) is 5.18. The lowest BCUT2D eigenvalue weighted by Gasteiger charge is -2.03. The number of nitro benzene ring substituents is 1. The molecule has 0 saturated carbocycles. The van der Waals surface area contributed by atoms with Crippen molar-refractivity contribution < 1.29 is 14.1 Å². The molecule has 0 heterocycles. The summed E-state index contributed by atoms with van der Waals surface area (Å²) in [5.74, 6) is 3.98. The van der Waals surface area contributed by atoms with Gasteiger partial charge in [0.2, 0.25) is 5.82 Å². The Kier molecular flexibility index (Phi) is 4.81. The van der Waals surface area contributed by atoms with E-state index in [1.54, 1.807) is 6.92 Å². The molecule has 18 heavy (non-hydrogen) atoms. The van der Waals surface area contributed by atoms with Crippen LogP contribution in [0, 0.1) is 27.8 Å². The Morgan fingerprint density at radius 2 is 2.28 bits per heavy atom. The van der Waals surface area contributed by atoms with Crippen LogP contribution >= 0.6 is 0 Å². The van der Waals surface area contributed by atoms with Gasteiger partial charge >= 0.3 is 5.69 Å². The normalized spacial score (nSPS) is 9.22. The molecule has 94 valence electrons. The maximum Gasteiger partial charge on any atom is 0.305 e. The van der Waals surface area contributed by atoms with Crippen molar-refractivity contribution in [3.63, 3.8) is 0 Å². The van der Waals surface area contributed by atoms with E-state index in [9.17, 15) is 19.3 Å². The summed E-state index contributed by atoms with van der Waals surface area (Å²) in [6.07, 6.45) is 0.492. The Labute approximate surface area is 103 Å². The van der Waals surface area contributed by atoms with Gasteiger partial charge in [-0.05, 0) is 19.1 Å². The van der Waals surface area contributed by atoms with E-state index in [2.05, 4.69) is 17.2 Å². The molecule has 0 atom stereocenters. The van der Waals surface area contributed by atoms with Gasteiger partial charge in [-0.15, -0.1) is 11.8 Å². The van der Waals surface area contributed by atoms with Gasteiger partial charge in [0.05, 0.1) is 4.92 Å². The number of nitrogens with one attached hydrogen (secondary N) is 1. The fourth-order valence-corrected chi connectivity index (χ4v) is 1.26. The van der Waals surface area contributed by atoms with Gasteiger partial charge in [-0.2, -0.15) is 4.39 Å². The molecule has 0 aliphatic carbocycles. The third kappa shape index (κ3) is 3.56. The third-order valence-electron chi connectivity index (χ3n) is 2.12. The molecule has 0 saturated heterocycles. The number of carbonyl (C=O) groups excluding carboxylic acids is 1. The summed E-state index contributed by atoms with van der Waals surface area (Å²) in [5, 5.41) is 13.0. The molecule has 1 aromatic carbocycles. The highest BCUT2D eigenvalue weighted by molar-refractivity contribution is 5.94. The van der Waals surface area contributed by atoms with Crippen LogP contribution in [-0.2, 0) is 0 Å². The number of benzene rings is 1. The van der Waals surface area contributed by atoms with Gasteiger partial charge in [0, 0.05) is 24.6 Å². The molecule has 6 heteroatoms. The van der Waals surface area contributed by atoms with Crippen molar-refractivity contribution in [2.45, 2.75) is 13.3 Å². The van der Waals surface area contributed by atoms with Crippen molar-refractivity contribution in [1.82, 2.24) is 5.32 Å². The number of carbonyl (C=O) groups is 1. The van der Waals surface area contributed by atoms with E-state index < -0.39 is 22.3 Å². The van der Waals surface area contributed by atoms with Crippen LogP contribution in [0.15, 0.2) is 18.2 Å². The second-order valence-electron chi connectivity index (χ2n) is 3.36. The Balaban J connectivity index is 2.76. The molecule has 0 unspecified atom stereocenters. The maximum absolute atomic E-state index is 13.0. The van der Waals surface area contributed by atoms with Crippen LogP contribution in [0.1, 0.15) is 23.7 Å². The number of rotatable bonds is 4. The highest BCUT2D eigenvalue weighted by atomic mass is 19.1. The zero-order chi connectivity index (χ0) is 13.5. The van der Waals surface area contributed by atoms with Crippen LogP contribution in [-0.4, -0.2) is 17.4 Å². The number of nitrogens with zero attached hydrogens (tertiary/aromatic N) is 1. The molecule has 1 aromatic rings. The predicted molar refractivity (Wildman–Crippen MR) is 63.5 cm³/mol. The lowest BCUT2D eigenvalue weighted by molar-refractivity contribution is -0.387. The van der Waals surface area contributed by atoms with Gasteiger partial charge < -0.3 is 5.32 Å². The maximum atomic E-state index is 13.0. The van der Waals surface area contributed by atoms with E-state index in [-0.39, 0.29) is 5.56 Å². The number of hydrogen-bond acceptors (Lipinski definition) is 3. The summed E-state index contributed by atoms with van der Waals surface area (Å²) in [5.41, 5.74) is -0.663. The standard InChI is InChI=1S/C12H11FN2O3/c1-2-3-4-7-14-12(16)9-5-6-10(13)11(8-9)15(17)18/h5-6,8H,4,7H2,1H3,(H,14,16). The SMILES string of the molecule is CC#CCCNC(=O)c1ccc(F)c([N+](=O)[O-])c1. The molecule has 5 nitrogen and oxygen atoms in total. The summed E-state index contributed by atoms with van der Waals surface area (Å²) < 4.78 is 13.0. The van der Waals surface area contributed by atoms with Crippen molar-refractivity contribution in [3.8, 4) is 11.8 Å². The average Bonchev–Trinajstić information content (AvgIpc) is 2.34. The van der Waals surface area contributed by atoms with Crippen molar-refractivity contribution >= 4 is 11.6 Å². The predicted octanol–water partition coefficient (Wildman–Crippen LogP) is 1.88. The third-order valence-corrected chi connectivity index (χ3v) is 2.12. The van der Waals surface area contributed by atoms with Gasteiger partial charge in [0.25, 0.3) is 5.91 Å². The molecule has 1 N–H and O–H groups in total. The molecular formula is C12H11FN2O3. The number of nitro groups is 1. The van der Waals surface area contributed by atoms with Crippen LogP contribution in [0.3, 0.4) is 0 Å². The minimum absolute atomic E-state index is 0.0487. The van der Waals surface area contributed by atoms with E-state index in [0.29, 0.717) is 13.0 Å². The molecule has 0 fully saturated rings. The number of hydrogen-bond donors (Lipinski definition) is 1. The minimum Gasteiger partial charge on any atom is -0.351 e. The summed E-state index contributed by atoms with van der Waals surface area (Å²) in [7, 11) is 0. The minimum atomic E-state index is -0.964. The van der Waals surface area contributed by atoms with Gasteiger partial charge in [-0.3, -0.25) is 14.9 Å². The summed E-state index contributed by atoms with van der Waals surface area (Å²) in [4.78, 5) is 21.2. The number of halogens is 1. The largest absolute Gasteiger partial charge is 0.351 e. The van der Waals surface area contributed by atoms with Crippen LogP contribution in [0.4, 0.5) is 10.1 Å². The molecule has 0 aliphatic rings. The van der Waals surface area contributed by atoms with E-state index in [4.69, 9.17) is 0 Å². The van der Waals surface area contributed by atoms with Crippen molar-refractivity contribution in [3.05, 3.63) is 39.7 Å². The fraction of sp³-hybridized carbons (Fsp3) is 0.250. The lowest BCUT2D eigenvalue weighted by Crippen LogP contribution is -2.24. The van der Waals surface area contributed by atoms with Crippen LogP contribution in [0.25, 0.3) is 0 Å².